The van der Waals surface area contributed by atoms with Crippen LogP contribution in [0.25, 0.3) is 0 Å². The summed E-state index contributed by atoms with van der Waals surface area (Å²) in [4.78, 5) is 35.1. The number of nitrogens with two attached hydrogens (primary N) is 1. The summed E-state index contributed by atoms with van der Waals surface area (Å²) in [6.07, 6.45) is 1.33. The number of rotatable bonds is 6. The second-order valence-electron chi connectivity index (χ2n) is 4.70. The first kappa shape index (κ1) is 15.2. The number of nitrogens with zero attached hydrogens (tertiary/aromatic N) is 2. The van der Waals surface area contributed by atoms with Crippen molar-refractivity contribution in [1.82, 2.24) is 14.5 Å². The molecule has 7 heteroatoms. The Bertz CT molecular complexity index is 545. The summed E-state index contributed by atoms with van der Waals surface area (Å²) >= 11 is 0. The van der Waals surface area contributed by atoms with Crippen LogP contribution in [0, 0.1) is 5.92 Å². The Labute approximate surface area is 111 Å². The van der Waals surface area contributed by atoms with E-state index in [1.54, 1.807) is 0 Å². The van der Waals surface area contributed by atoms with Crippen molar-refractivity contribution in [3.8, 4) is 0 Å². The number of nitrogens with one attached hydrogen (secondary N) is 1. The van der Waals surface area contributed by atoms with E-state index in [0.717, 1.165) is 4.57 Å². The zero-order valence-corrected chi connectivity index (χ0v) is 11.3. The summed E-state index contributed by atoms with van der Waals surface area (Å²) in [6.45, 7) is 4.75. The molecule has 0 saturated heterocycles. The van der Waals surface area contributed by atoms with E-state index in [9.17, 15) is 14.4 Å². The standard InChI is InChI=1S/C12H20N4O3/c1-9(2)7-14-10(17)8-15-5-3-11(18)16(6-4-13)12(15)19/h3,5,9H,4,6-8,13H2,1-2H3,(H,14,17). The highest BCUT2D eigenvalue weighted by Gasteiger charge is 2.08. The van der Waals surface area contributed by atoms with E-state index in [1.807, 2.05) is 13.8 Å². The third kappa shape index (κ3) is 4.36. The van der Waals surface area contributed by atoms with Gasteiger partial charge in [0.05, 0.1) is 0 Å². The molecule has 0 bridgehead atoms. The molecule has 0 atom stereocenters. The van der Waals surface area contributed by atoms with Gasteiger partial charge in [-0.05, 0) is 5.92 Å². The Morgan fingerprint density at radius 3 is 2.68 bits per heavy atom. The third-order valence-corrected chi connectivity index (χ3v) is 2.51. The lowest BCUT2D eigenvalue weighted by Crippen LogP contribution is -2.43. The summed E-state index contributed by atoms with van der Waals surface area (Å²) in [5.41, 5.74) is 4.42. The number of hydrogen-bond donors (Lipinski definition) is 2. The zero-order chi connectivity index (χ0) is 14.4. The maximum Gasteiger partial charge on any atom is 0.331 e. The molecular formula is C12H20N4O3. The van der Waals surface area contributed by atoms with E-state index in [-0.39, 0.29) is 25.5 Å². The Hall–Kier alpha value is -1.89. The second-order valence-corrected chi connectivity index (χ2v) is 4.70. The van der Waals surface area contributed by atoms with Gasteiger partial charge in [-0.15, -0.1) is 0 Å². The second kappa shape index (κ2) is 6.89. The molecule has 0 unspecified atom stereocenters. The lowest BCUT2D eigenvalue weighted by molar-refractivity contribution is -0.121. The zero-order valence-electron chi connectivity index (χ0n) is 11.3. The summed E-state index contributed by atoms with van der Waals surface area (Å²) < 4.78 is 2.22. The fourth-order valence-corrected chi connectivity index (χ4v) is 1.54. The van der Waals surface area contributed by atoms with E-state index in [0.29, 0.717) is 12.5 Å². The van der Waals surface area contributed by atoms with E-state index in [1.165, 1.54) is 16.8 Å². The average molecular weight is 268 g/mol. The van der Waals surface area contributed by atoms with Crippen molar-refractivity contribution in [2.45, 2.75) is 26.9 Å². The van der Waals surface area contributed by atoms with Crippen molar-refractivity contribution in [3.63, 3.8) is 0 Å². The Balaban J connectivity index is 2.85. The predicted molar refractivity (Wildman–Crippen MR) is 71.9 cm³/mol. The first-order valence-electron chi connectivity index (χ1n) is 6.22. The number of hydrogen-bond acceptors (Lipinski definition) is 4. The molecule has 1 aromatic rings. The summed E-state index contributed by atoms with van der Waals surface area (Å²) in [5.74, 6) is 0.0839. The van der Waals surface area contributed by atoms with Crippen molar-refractivity contribution >= 4 is 5.91 Å². The molecule has 19 heavy (non-hydrogen) atoms. The number of carbonyl (C=O) groups is 1. The van der Waals surface area contributed by atoms with Crippen molar-refractivity contribution in [3.05, 3.63) is 33.1 Å². The van der Waals surface area contributed by atoms with Gasteiger partial charge in [0.25, 0.3) is 5.56 Å². The van der Waals surface area contributed by atoms with Crippen molar-refractivity contribution in [2.24, 2.45) is 11.7 Å². The Morgan fingerprint density at radius 1 is 1.42 bits per heavy atom. The van der Waals surface area contributed by atoms with Crippen molar-refractivity contribution in [2.75, 3.05) is 13.1 Å². The van der Waals surface area contributed by atoms with Crippen molar-refractivity contribution in [1.29, 1.82) is 0 Å². The molecule has 0 saturated carbocycles. The summed E-state index contributed by atoms with van der Waals surface area (Å²) in [6, 6.07) is 1.26. The molecule has 1 rings (SSSR count). The fraction of sp³-hybridized carbons (Fsp3) is 0.583. The van der Waals surface area contributed by atoms with E-state index < -0.39 is 11.2 Å². The summed E-state index contributed by atoms with van der Waals surface area (Å²) in [5, 5.41) is 2.71. The van der Waals surface area contributed by atoms with Crippen LogP contribution in [-0.2, 0) is 17.9 Å². The summed E-state index contributed by atoms with van der Waals surface area (Å²) in [7, 11) is 0. The topological polar surface area (TPSA) is 99.1 Å². The first-order chi connectivity index (χ1) is 8.95. The Morgan fingerprint density at radius 2 is 2.11 bits per heavy atom. The van der Waals surface area contributed by atoms with Crippen LogP contribution in [0.4, 0.5) is 0 Å². The molecule has 0 aliphatic carbocycles. The highest BCUT2D eigenvalue weighted by atomic mass is 16.2. The molecule has 3 N–H and O–H groups in total. The van der Waals surface area contributed by atoms with Gasteiger partial charge in [0.2, 0.25) is 5.91 Å². The van der Waals surface area contributed by atoms with Crippen LogP contribution < -0.4 is 22.3 Å². The molecule has 106 valence electrons. The highest BCUT2D eigenvalue weighted by Crippen LogP contribution is 1.87. The van der Waals surface area contributed by atoms with Crippen LogP contribution in [0.15, 0.2) is 21.9 Å². The fourth-order valence-electron chi connectivity index (χ4n) is 1.54. The van der Waals surface area contributed by atoms with Gasteiger partial charge in [0.15, 0.2) is 0 Å². The minimum atomic E-state index is -0.516. The lowest BCUT2D eigenvalue weighted by atomic mass is 10.2. The van der Waals surface area contributed by atoms with Gasteiger partial charge in [0.1, 0.15) is 6.54 Å². The maximum absolute atomic E-state index is 11.9. The average Bonchev–Trinajstić information content (AvgIpc) is 2.35. The van der Waals surface area contributed by atoms with Crippen LogP contribution >= 0.6 is 0 Å². The lowest BCUT2D eigenvalue weighted by Gasteiger charge is -2.10. The third-order valence-electron chi connectivity index (χ3n) is 2.51. The molecule has 1 aromatic heterocycles. The molecule has 0 aliphatic heterocycles. The molecular weight excluding hydrogens is 248 g/mol. The minimum Gasteiger partial charge on any atom is -0.354 e. The normalized spacial score (nSPS) is 10.7. The van der Waals surface area contributed by atoms with Crippen LogP contribution in [-0.4, -0.2) is 28.1 Å². The van der Waals surface area contributed by atoms with E-state index in [2.05, 4.69) is 5.32 Å². The van der Waals surface area contributed by atoms with Crippen LogP contribution in [0.5, 0.6) is 0 Å². The van der Waals surface area contributed by atoms with Crippen LogP contribution in [0.3, 0.4) is 0 Å². The monoisotopic (exact) mass is 268 g/mol. The van der Waals surface area contributed by atoms with Crippen molar-refractivity contribution < 1.29 is 4.79 Å². The van der Waals surface area contributed by atoms with Crippen LogP contribution in [0.1, 0.15) is 13.8 Å². The first-order valence-corrected chi connectivity index (χ1v) is 6.22. The molecule has 0 aliphatic rings. The predicted octanol–water partition coefficient (Wildman–Crippen LogP) is -1.26. The van der Waals surface area contributed by atoms with E-state index >= 15 is 0 Å². The van der Waals surface area contributed by atoms with Crippen LogP contribution in [0.2, 0.25) is 0 Å². The SMILES string of the molecule is CC(C)CNC(=O)Cn1ccc(=O)n(CCN)c1=O. The number of carbonyl (C=O) groups excluding carboxylic acids is 1. The molecule has 0 fully saturated rings. The molecule has 0 spiro atoms. The van der Waals surface area contributed by atoms with Gasteiger partial charge in [-0.25, -0.2) is 4.79 Å². The molecule has 0 aromatic carbocycles. The Kier molecular flexibility index (Phi) is 5.50. The van der Waals surface area contributed by atoms with Gasteiger partial charge in [-0.1, -0.05) is 13.8 Å². The van der Waals surface area contributed by atoms with Gasteiger partial charge in [-0.2, -0.15) is 0 Å². The smallest absolute Gasteiger partial charge is 0.331 e. The molecule has 7 nitrogen and oxygen atoms in total. The largest absolute Gasteiger partial charge is 0.354 e. The highest BCUT2D eigenvalue weighted by molar-refractivity contribution is 5.75. The van der Waals surface area contributed by atoms with Gasteiger partial charge >= 0.3 is 5.69 Å². The quantitative estimate of drug-likeness (QED) is 0.672. The molecule has 1 heterocycles. The number of aromatic nitrogens is 2. The van der Waals surface area contributed by atoms with Gasteiger partial charge in [-0.3, -0.25) is 18.7 Å². The van der Waals surface area contributed by atoms with Gasteiger partial charge in [0, 0.05) is 31.9 Å². The molecule has 1 amide bonds. The van der Waals surface area contributed by atoms with Gasteiger partial charge < -0.3 is 11.1 Å². The number of amides is 1. The maximum atomic E-state index is 11.9. The minimum absolute atomic E-state index is 0.101. The molecule has 0 radical (unpaired) electrons. The van der Waals surface area contributed by atoms with E-state index in [4.69, 9.17) is 5.73 Å².